The van der Waals surface area contributed by atoms with Gasteiger partial charge in [-0.2, -0.15) is 4.72 Å². The van der Waals surface area contributed by atoms with E-state index in [0.29, 0.717) is 24.1 Å². The van der Waals surface area contributed by atoms with Crippen LogP contribution >= 0.6 is 0 Å². The predicted octanol–water partition coefficient (Wildman–Crippen LogP) is 3.81. The lowest BCUT2D eigenvalue weighted by atomic mass is 10.1. The first-order chi connectivity index (χ1) is 13.7. The van der Waals surface area contributed by atoms with Crippen LogP contribution < -0.4 is 10.0 Å². The lowest BCUT2D eigenvalue weighted by Gasteiger charge is -2.20. The lowest BCUT2D eigenvalue weighted by molar-refractivity contribution is -0.122. The van der Waals surface area contributed by atoms with Gasteiger partial charge in [0, 0.05) is 6.54 Å². The Morgan fingerprint density at radius 3 is 2.21 bits per heavy atom. The van der Waals surface area contributed by atoms with E-state index in [4.69, 9.17) is 0 Å². The van der Waals surface area contributed by atoms with Gasteiger partial charge in [-0.15, -0.1) is 0 Å². The summed E-state index contributed by atoms with van der Waals surface area (Å²) in [7, 11) is -3.85. The summed E-state index contributed by atoms with van der Waals surface area (Å²) >= 11 is 0. The summed E-state index contributed by atoms with van der Waals surface area (Å²) in [6.07, 6.45) is 3.26. The highest BCUT2D eigenvalue weighted by Crippen LogP contribution is 2.22. The van der Waals surface area contributed by atoms with Gasteiger partial charge in [-0.25, -0.2) is 8.42 Å². The van der Waals surface area contributed by atoms with Crippen molar-refractivity contribution < 1.29 is 13.2 Å². The molecule has 0 aliphatic carbocycles. The minimum Gasteiger partial charge on any atom is -0.355 e. The maximum Gasteiger partial charge on any atom is 0.241 e. The van der Waals surface area contributed by atoms with Crippen LogP contribution in [0.15, 0.2) is 47.4 Å². The van der Waals surface area contributed by atoms with E-state index < -0.39 is 16.1 Å². The number of aryl methyl sites for hydroxylation is 3. The van der Waals surface area contributed by atoms with Crippen LogP contribution in [-0.4, -0.2) is 26.9 Å². The Labute approximate surface area is 175 Å². The largest absolute Gasteiger partial charge is 0.355 e. The second-order valence-corrected chi connectivity index (χ2v) is 9.24. The number of amides is 1. The van der Waals surface area contributed by atoms with Crippen LogP contribution in [0.4, 0.5) is 0 Å². The third kappa shape index (κ3) is 6.68. The summed E-state index contributed by atoms with van der Waals surface area (Å²) in [5.41, 5.74) is 3.27. The van der Waals surface area contributed by atoms with Crippen LogP contribution in [0.25, 0.3) is 0 Å². The summed E-state index contributed by atoms with van der Waals surface area (Å²) in [5.74, 6) is -0.295. The zero-order valence-electron chi connectivity index (χ0n) is 17.8. The van der Waals surface area contributed by atoms with Crippen LogP contribution in [0.1, 0.15) is 48.4 Å². The van der Waals surface area contributed by atoms with Crippen LogP contribution in [-0.2, 0) is 21.2 Å². The maximum absolute atomic E-state index is 13.2. The van der Waals surface area contributed by atoms with Crippen molar-refractivity contribution in [3.05, 3.63) is 64.7 Å². The Morgan fingerprint density at radius 2 is 1.62 bits per heavy atom. The van der Waals surface area contributed by atoms with Gasteiger partial charge in [0.25, 0.3) is 0 Å². The molecule has 1 amide bonds. The quantitative estimate of drug-likeness (QED) is 0.578. The fraction of sp³-hybridized carbons (Fsp3) is 0.435. The molecule has 0 unspecified atom stereocenters. The molecule has 0 spiro atoms. The number of benzene rings is 2. The summed E-state index contributed by atoms with van der Waals surface area (Å²) in [6, 6.07) is 12.3. The van der Waals surface area contributed by atoms with E-state index in [-0.39, 0.29) is 10.8 Å². The van der Waals surface area contributed by atoms with Crippen molar-refractivity contribution in [1.29, 1.82) is 0 Å². The number of sulfonamides is 1. The summed E-state index contributed by atoms with van der Waals surface area (Å²) in [6.45, 7) is 8.14. The van der Waals surface area contributed by atoms with Crippen molar-refractivity contribution in [2.45, 2.75) is 64.3 Å². The molecule has 5 nitrogen and oxygen atoms in total. The average molecular weight is 417 g/mol. The molecule has 29 heavy (non-hydrogen) atoms. The summed E-state index contributed by atoms with van der Waals surface area (Å²) in [4.78, 5) is 13.1. The first-order valence-electron chi connectivity index (χ1n) is 10.2. The van der Waals surface area contributed by atoms with Gasteiger partial charge < -0.3 is 5.32 Å². The fourth-order valence-corrected chi connectivity index (χ4v) is 5.23. The van der Waals surface area contributed by atoms with Crippen molar-refractivity contribution in [3.63, 3.8) is 0 Å². The Hall–Kier alpha value is -2.18. The monoisotopic (exact) mass is 416 g/mol. The SMILES string of the molecule is CCCCCNC(=O)[C@@H](Cc1ccccc1)NS(=O)(=O)c1c(C)cc(C)cc1C. The van der Waals surface area contributed by atoms with Gasteiger partial charge in [0.1, 0.15) is 6.04 Å². The molecule has 0 saturated carbocycles. The second kappa shape index (κ2) is 10.6. The standard InChI is InChI=1S/C23H32N2O3S/c1-5-6-10-13-24-23(26)21(16-20-11-8-7-9-12-20)25-29(27,28)22-18(3)14-17(2)15-19(22)4/h7-9,11-12,14-15,21,25H,5-6,10,13,16H2,1-4H3,(H,24,26)/t21-/m1/s1. The van der Waals surface area contributed by atoms with E-state index in [9.17, 15) is 13.2 Å². The molecular weight excluding hydrogens is 384 g/mol. The smallest absolute Gasteiger partial charge is 0.241 e. The topological polar surface area (TPSA) is 75.3 Å². The van der Waals surface area contributed by atoms with Crippen molar-refractivity contribution in [2.75, 3.05) is 6.54 Å². The first-order valence-corrected chi connectivity index (χ1v) is 11.6. The lowest BCUT2D eigenvalue weighted by Crippen LogP contribution is -2.48. The number of rotatable bonds is 10. The highest BCUT2D eigenvalue weighted by Gasteiger charge is 2.28. The molecule has 2 rings (SSSR count). The molecule has 6 heteroatoms. The normalized spacial score (nSPS) is 12.6. The molecule has 0 saturated heterocycles. The predicted molar refractivity (Wildman–Crippen MR) is 117 cm³/mol. The fourth-order valence-electron chi connectivity index (χ4n) is 3.58. The molecule has 0 fully saturated rings. The number of hydrogen-bond donors (Lipinski definition) is 2. The molecule has 2 N–H and O–H groups in total. The molecule has 158 valence electrons. The van der Waals surface area contributed by atoms with E-state index in [1.807, 2.05) is 49.4 Å². The van der Waals surface area contributed by atoms with Crippen molar-refractivity contribution >= 4 is 15.9 Å². The summed E-state index contributed by atoms with van der Waals surface area (Å²) < 4.78 is 29.0. The minimum atomic E-state index is -3.85. The number of unbranched alkanes of at least 4 members (excludes halogenated alkanes) is 2. The first kappa shape index (κ1) is 23.1. The molecule has 0 aliphatic heterocycles. The molecule has 1 atom stereocenters. The summed E-state index contributed by atoms with van der Waals surface area (Å²) in [5, 5.41) is 2.88. The van der Waals surface area contributed by atoms with Crippen LogP contribution in [0, 0.1) is 20.8 Å². The number of carbonyl (C=O) groups is 1. The van der Waals surface area contributed by atoms with Crippen molar-refractivity contribution in [1.82, 2.24) is 10.0 Å². The minimum absolute atomic E-state index is 0.250. The van der Waals surface area contributed by atoms with Crippen LogP contribution in [0.5, 0.6) is 0 Å². The molecule has 0 bridgehead atoms. The van der Waals surface area contributed by atoms with Gasteiger partial charge in [0.2, 0.25) is 15.9 Å². The molecular formula is C23H32N2O3S. The highest BCUT2D eigenvalue weighted by molar-refractivity contribution is 7.89. The molecule has 0 heterocycles. The van der Waals surface area contributed by atoms with E-state index in [2.05, 4.69) is 17.0 Å². The third-order valence-corrected chi connectivity index (χ3v) is 6.63. The average Bonchev–Trinajstić information content (AvgIpc) is 2.64. The van der Waals surface area contributed by atoms with Crippen molar-refractivity contribution in [2.24, 2.45) is 0 Å². The van der Waals surface area contributed by atoms with Gasteiger partial charge in [0.05, 0.1) is 4.90 Å². The third-order valence-electron chi connectivity index (χ3n) is 4.85. The Balaban J connectivity index is 2.27. The Kier molecular flexibility index (Phi) is 8.41. The molecule has 2 aromatic rings. The van der Waals surface area contributed by atoms with E-state index in [0.717, 1.165) is 30.4 Å². The maximum atomic E-state index is 13.2. The zero-order valence-corrected chi connectivity index (χ0v) is 18.6. The number of hydrogen-bond acceptors (Lipinski definition) is 3. The van der Waals surface area contributed by atoms with Crippen LogP contribution in [0.3, 0.4) is 0 Å². The number of nitrogens with one attached hydrogen (secondary N) is 2. The Morgan fingerprint density at radius 1 is 1.00 bits per heavy atom. The molecule has 2 aromatic carbocycles. The molecule has 0 radical (unpaired) electrons. The van der Waals surface area contributed by atoms with Crippen molar-refractivity contribution in [3.8, 4) is 0 Å². The van der Waals surface area contributed by atoms with E-state index in [1.165, 1.54) is 0 Å². The van der Waals surface area contributed by atoms with Gasteiger partial charge in [-0.3, -0.25) is 4.79 Å². The molecule has 0 aliphatic rings. The van der Waals surface area contributed by atoms with Crippen LogP contribution in [0.2, 0.25) is 0 Å². The highest BCUT2D eigenvalue weighted by atomic mass is 32.2. The zero-order chi connectivity index (χ0) is 21.4. The van der Waals surface area contributed by atoms with Gasteiger partial charge >= 0.3 is 0 Å². The second-order valence-electron chi connectivity index (χ2n) is 7.59. The van der Waals surface area contributed by atoms with Gasteiger partial charge in [-0.1, -0.05) is 67.8 Å². The van der Waals surface area contributed by atoms with Gasteiger partial charge in [-0.05, 0) is 50.3 Å². The van der Waals surface area contributed by atoms with E-state index in [1.54, 1.807) is 13.8 Å². The van der Waals surface area contributed by atoms with Gasteiger partial charge in [0.15, 0.2) is 0 Å². The van der Waals surface area contributed by atoms with E-state index >= 15 is 0 Å². The number of carbonyl (C=O) groups excluding carboxylic acids is 1. The molecule has 0 aromatic heterocycles. The Bertz CT molecular complexity index is 901.